The third-order valence-electron chi connectivity index (χ3n) is 3.95. The van der Waals surface area contributed by atoms with Crippen molar-refractivity contribution in [1.82, 2.24) is 4.90 Å². The van der Waals surface area contributed by atoms with Gasteiger partial charge in [-0.2, -0.15) is 0 Å². The van der Waals surface area contributed by atoms with E-state index in [9.17, 15) is 4.79 Å². The Morgan fingerprint density at radius 2 is 1.89 bits per heavy atom. The van der Waals surface area contributed by atoms with Crippen molar-refractivity contribution in [2.24, 2.45) is 11.7 Å². The molecular formula is C16H18N2O. The molecular weight excluding hydrogens is 236 g/mol. The van der Waals surface area contributed by atoms with Crippen LogP contribution in [0.15, 0.2) is 42.5 Å². The van der Waals surface area contributed by atoms with Crippen LogP contribution in [0.3, 0.4) is 0 Å². The van der Waals surface area contributed by atoms with E-state index < -0.39 is 0 Å². The molecule has 2 atom stereocenters. The van der Waals surface area contributed by atoms with Crippen LogP contribution in [0.25, 0.3) is 10.8 Å². The fraction of sp³-hybridized carbons (Fsp3) is 0.312. The zero-order valence-electron chi connectivity index (χ0n) is 11.0. The van der Waals surface area contributed by atoms with E-state index in [1.54, 1.807) is 0 Å². The van der Waals surface area contributed by atoms with Crippen LogP contribution in [-0.4, -0.2) is 29.9 Å². The lowest BCUT2D eigenvalue weighted by molar-refractivity contribution is 0.0787. The lowest BCUT2D eigenvalue weighted by atomic mass is 10.1. The van der Waals surface area contributed by atoms with Gasteiger partial charge in [0.05, 0.1) is 0 Å². The molecule has 0 radical (unpaired) electrons. The SMILES string of the molecule is CC1CN(C(=O)c2ccc3ccccc3c2)CC1N. The van der Waals surface area contributed by atoms with E-state index in [4.69, 9.17) is 5.73 Å². The Balaban J connectivity index is 1.90. The van der Waals surface area contributed by atoms with Crippen molar-refractivity contribution < 1.29 is 4.79 Å². The minimum atomic E-state index is 0.0885. The quantitative estimate of drug-likeness (QED) is 0.848. The van der Waals surface area contributed by atoms with Crippen molar-refractivity contribution in [2.75, 3.05) is 13.1 Å². The number of benzene rings is 2. The molecule has 3 nitrogen and oxygen atoms in total. The highest BCUT2D eigenvalue weighted by molar-refractivity contribution is 5.98. The Kier molecular flexibility index (Phi) is 2.99. The maximum Gasteiger partial charge on any atom is 0.253 e. The summed E-state index contributed by atoms with van der Waals surface area (Å²) in [5.74, 6) is 0.468. The van der Waals surface area contributed by atoms with Crippen LogP contribution in [0.4, 0.5) is 0 Å². The van der Waals surface area contributed by atoms with Crippen molar-refractivity contribution in [2.45, 2.75) is 13.0 Å². The van der Waals surface area contributed by atoms with Crippen LogP contribution in [0.5, 0.6) is 0 Å². The van der Waals surface area contributed by atoms with Crippen molar-refractivity contribution >= 4 is 16.7 Å². The molecule has 0 spiro atoms. The minimum absolute atomic E-state index is 0.0885. The second kappa shape index (κ2) is 4.67. The summed E-state index contributed by atoms with van der Waals surface area (Å²) in [7, 11) is 0. The Hall–Kier alpha value is -1.87. The van der Waals surface area contributed by atoms with Crippen LogP contribution in [0.2, 0.25) is 0 Å². The first-order chi connectivity index (χ1) is 9.15. The average Bonchev–Trinajstić information content (AvgIpc) is 2.77. The van der Waals surface area contributed by atoms with E-state index in [1.165, 1.54) is 0 Å². The molecule has 1 fully saturated rings. The smallest absolute Gasteiger partial charge is 0.253 e. The van der Waals surface area contributed by atoms with E-state index >= 15 is 0 Å². The highest BCUT2D eigenvalue weighted by atomic mass is 16.2. The van der Waals surface area contributed by atoms with Crippen LogP contribution in [0, 0.1) is 5.92 Å². The summed E-state index contributed by atoms with van der Waals surface area (Å²) in [6, 6.07) is 14.1. The molecule has 1 amide bonds. The average molecular weight is 254 g/mol. The van der Waals surface area contributed by atoms with Gasteiger partial charge in [0, 0.05) is 24.7 Å². The van der Waals surface area contributed by atoms with Crippen LogP contribution in [0.1, 0.15) is 17.3 Å². The van der Waals surface area contributed by atoms with Gasteiger partial charge in [0.1, 0.15) is 0 Å². The van der Waals surface area contributed by atoms with Gasteiger partial charge in [0.15, 0.2) is 0 Å². The second-order valence-corrected chi connectivity index (χ2v) is 5.41. The summed E-state index contributed by atoms with van der Waals surface area (Å²) in [4.78, 5) is 14.3. The number of amides is 1. The predicted octanol–water partition coefficient (Wildman–Crippen LogP) is 2.26. The molecule has 19 heavy (non-hydrogen) atoms. The number of hydrogen-bond acceptors (Lipinski definition) is 2. The highest BCUT2D eigenvalue weighted by Gasteiger charge is 2.30. The first kappa shape index (κ1) is 12.2. The third kappa shape index (κ3) is 2.22. The van der Waals surface area contributed by atoms with Crippen molar-refractivity contribution in [3.05, 3.63) is 48.0 Å². The summed E-state index contributed by atoms with van der Waals surface area (Å²) in [6.45, 7) is 3.51. The van der Waals surface area contributed by atoms with Gasteiger partial charge in [-0.05, 0) is 28.8 Å². The van der Waals surface area contributed by atoms with Gasteiger partial charge >= 0.3 is 0 Å². The molecule has 1 aliphatic rings. The van der Waals surface area contributed by atoms with Gasteiger partial charge in [0.2, 0.25) is 0 Å². The topological polar surface area (TPSA) is 46.3 Å². The molecule has 2 unspecified atom stereocenters. The summed E-state index contributed by atoms with van der Waals surface area (Å²) >= 11 is 0. The Morgan fingerprint density at radius 3 is 2.58 bits per heavy atom. The van der Waals surface area contributed by atoms with Crippen molar-refractivity contribution in [3.63, 3.8) is 0 Å². The standard InChI is InChI=1S/C16H18N2O/c1-11-9-18(10-15(11)17)16(19)14-7-6-12-4-2-3-5-13(12)8-14/h2-8,11,15H,9-10,17H2,1H3. The molecule has 2 N–H and O–H groups in total. The van der Waals surface area contributed by atoms with E-state index in [0.29, 0.717) is 12.5 Å². The van der Waals surface area contributed by atoms with E-state index in [-0.39, 0.29) is 11.9 Å². The summed E-state index contributed by atoms with van der Waals surface area (Å²) in [5.41, 5.74) is 6.73. The van der Waals surface area contributed by atoms with Gasteiger partial charge in [0.25, 0.3) is 5.91 Å². The zero-order chi connectivity index (χ0) is 13.4. The number of nitrogens with two attached hydrogens (primary N) is 1. The first-order valence-electron chi connectivity index (χ1n) is 6.69. The molecule has 3 rings (SSSR count). The van der Waals surface area contributed by atoms with Gasteiger partial charge in [-0.25, -0.2) is 0 Å². The second-order valence-electron chi connectivity index (χ2n) is 5.41. The molecule has 1 aliphatic heterocycles. The number of carbonyl (C=O) groups excluding carboxylic acids is 1. The van der Waals surface area contributed by atoms with Crippen LogP contribution >= 0.6 is 0 Å². The molecule has 0 saturated carbocycles. The van der Waals surface area contributed by atoms with Crippen molar-refractivity contribution in [3.8, 4) is 0 Å². The fourth-order valence-electron chi connectivity index (χ4n) is 2.66. The molecule has 0 bridgehead atoms. The maximum absolute atomic E-state index is 12.5. The monoisotopic (exact) mass is 254 g/mol. The molecule has 0 aromatic heterocycles. The van der Waals surface area contributed by atoms with E-state index in [0.717, 1.165) is 22.9 Å². The molecule has 2 aromatic rings. The predicted molar refractivity (Wildman–Crippen MR) is 77.0 cm³/mol. The van der Waals surface area contributed by atoms with Crippen molar-refractivity contribution in [1.29, 1.82) is 0 Å². The van der Waals surface area contributed by atoms with Gasteiger partial charge < -0.3 is 10.6 Å². The number of carbonyl (C=O) groups is 1. The van der Waals surface area contributed by atoms with Crippen LogP contribution < -0.4 is 5.73 Å². The number of likely N-dealkylation sites (tertiary alicyclic amines) is 1. The zero-order valence-corrected chi connectivity index (χ0v) is 11.0. The fourth-order valence-corrected chi connectivity index (χ4v) is 2.66. The molecule has 0 aliphatic carbocycles. The normalized spacial score (nSPS) is 22.9. The number of fused-ring (bicyclic) bond motifs is 1. The lowest BCUT2D eigenvalue weighted by Crippen LogP contribution is -2.32. The maximum atomic E-state index is 12.5. The molecule has 2 aromatic carbocycles. The third-order valence-corrected chi connectivity index (χ3v) is 3.95. The Morgan fingerprint density at radius 1 is 1.16 bits per heavy atom. The summed E-state index contributed by atoms with van der Waals surface area (Å²) in [5, 5.41) is 2.26. The Labute approximate surface area is 113 Å². The highest BCUT2D eigenvalue weighted by Crippen LogP contribution is 2.20. The van der Waals surface area contributed by atoms with E-state index in [2.05, 4.69) is 13.0 Å². The minimum Gasteiger partial charge on any atom is -0.337 e. The summed E-state index contributed by atoms with van der Waals surface area (Å²) in [6.07, 6.45) is 0. The molecule has 1 saturated heterocycles. The molecule has 98 valence electrons. The number of rotatable bonds is 1. The molecule has 3 heteroatoms. The van der Waals surface area contributed by atoms with Gasteiger partial charge in [-0.1, -0.05) is 37.3 Å². The van der Waals surface area contributed by atoms with Crippen LogP contribution in [-0.2, 0) is 0 Å². The lowest BCUT2D eigenvalue weighted by Gasteiger charge is -2.16. The largest absolute Gasteiger partial charge is 0.337 e. The molecule has 1 heterocycles. The van der Waals surface area contributed by atoms with E-state index in [1.807, 2.05) is 41.3 Å². The number of nitrogens with zero attached hydrogens (tertiary/aromatic N) is 1. The Bertz CT molecular complexity index is 613. The number of hydrogen-bond donors (Lipinski definition) is 1. The first-order valence-corrected chi connectivity index (χ1v) is 6.69. The van der Waals surface area contributed by atoms with Gasteiger partial charge in [-0.3, -0.25) is 4.79 Å². The summed E-state index contributed by atoms with van der Waals surface area (Å²) < 4.78 is 0. The van der Waals surface area contributed by atoms with Gasteiger partial charge in [-0.15, -0.1) is 0 Å².